The first-order valence-electron chi connectivity index (χ1n) is 5.85. The molecule has 1 aliphatic heterocycles. The van der Waals surface area contributed by atoms with E-state index in [1.54, 1.807) is 0 Å². The number of nitrogens with one attached hydrogen (secondary N) is 1. The van der Waals surface area contributed by atoms with Crippen molar-refractivity contribution >= 4 is 11.8 Å². The molecule has 1 saturated heterocycles. The molecule has 14 heavy (non-hydrogen) atoms. The summed E-state index contributed by atoms with van der Waals surface area (Å²) in [4.78, 5) is 0. The van der Waals surface area contributed by atoms with E-state index in [9.17, 15) is 0 Å². The fraction of sp³-hybridized carbons (Fsp3) is 1.00. The van der Waals surface area contributed by atoms with Crippen LogP contribution in [0.2, 0.25) is 0 Å². The van der Waals surface area contributed by atoms with Crippen molar-refractivity contribution in [2.75, 3.05) is 11.5 Å². The molecule has 3 heteroatoms. The lowest BCUT2D eigenvalue weighted by atomic mass is 9.90. The molecule has 3 N–H and O–H groups in total. The van der Waals surface area contributed by atoms with Gasteiger partial charge in [-0.05, 0) is 30.9 Å². The molecule has 2 fully saturated rings. The molecule has 1 aliphatic carbocycles. The van der Waals surface area contributed by atoms with Gasteiger partial charge < -0.3 is 11.1 Å². The summed E-state index contributed by atoms with van der Waals surface area (Å²) in [6, 6.07) is 1.89. The van der Waals surface area contributed by atoms with Crippen molar-refractivity contribution in [3.63, 3.8) is 0 Å². The van der Waals surface area contributed by atoms with Crippen molar-refractivity contribution in [1.82, 2.24) is 5.32 Å². The van der Waals surface area contributed by atoms with Crippen LogP contribution in [-0.2, 0) is 0 Å². The van der Waals surface area contributed by atoms with Gasteiger partial charge in [-0.25, -0.2) is 0 Å². The summed E-state index contributed by atoms with van der Waals surface area (Å²) in [5.74, 6) is 3.47. The van der Waals surface area contributed by atoms with Crippen LogP contribution in [0.3, 0.4) is 0 Å². The Morgan fingerprint density at radius 3 is 2.79 bits per heavy atom. The van der Waals surface area contributed by atoms with Crippen LogP contribution in [-0.4, -0.2) is 29.6 Å². The summed E-state index contributed by atoms with van der Waals surface area (Å²) >= 11 is 2.09. The van der Waals surface area contributed by atoms with Crippen molar-refractivity contribution < 1.29 is 0 Å². The maximum absolute atomic E-state index is 5.99. The largest absolute Gasteiger partial charge is 0.328 e. The van der Waals surface area contributed by atoms with Crippen LogP contribution < -0.4 is 11.1 Å². The molecule has 1 heterocycles. The molecule has 4 atom stereocenters. The Bertz CT molecular complexity index is 186. The second kappa shape index (κ2) is 4.86. The summed E-state index contributed by atoms with van der Waals surface area (Å²) in [5.41, 5.74) is 5.99. The van der Waals surface area contributed by atoms with Crippen LogP contribution in [0, 0.1) is 5.92 Å². The molecule has 2 rings (SSSR count). The van der Waals surface area contributed by atoms with Gasteiger partial charge in [-0.1, -0.05) is 13.3 Å². The van der Waals surface area contributed by atoms with Crippen molar-refractivity contribution in [3.8, 4) is 0 Å². The first kappa shape index (κ1) is 10.8. The summed E-state index contributed by atoms with van der Waals surface area (Å²) in [6.07, 6.45) is 5.07. The zero-order chi connectivity index (χ0) is 9.97. The molecular formula is C11H22N2S. The standard InChI is InChI=1S/C11H22N2S/c1-8-6-14-7-11(8)13-10-4-2-3-9(12)5-10/h8-11,13H,2-7,12H2,1H3. The van der Waals surface area contributed by atoms with Gasteiger partial charge in [-0.15, -0.1) is 0 Å². The van der Waals surface area contributed by atoms with E-state index in [1.807, 2.05) is 0 Å². The lowest BCUT2D eigenvalue weighted by Gasteiger charge is -2.31. The number of rotatable bonds is 2. The Kier molecular flexibility index (Phi) is 3.74. The first-order valence-corrected chi connectivity index (χ1v) is 7.00. The Balaban J connectivity index is 1.78. The predicted octanol–water partition coefficient (Wildman–Crippen LogP) is 1.60. The first-order chi connectivity index (χ1) is 6.75. The SMILES string of the molecule is CC1CSCC1NC1CCCC(N)C1. The lowest BCUT2D eigenvalue weighted by molar-refractivity contribution is 0.298. The van der Waals surface area contributed by atoms with E-state index in [2.05, 4.69) is 24.0 Å². The van der Waals surface area contributed by atoms with Crippen molar-refractivity contribution in [1.29, 1.82) is 0 Å². The van der Waals surface area contributed by atoms with Crippen LogP contribution in [0.25, 0.3) is 0 Å². The van der Waals surface area contributed by atoms with Gasteiger partial charge >= 0.3 is 0 Å². The van der Waals surface area contributed by atoms with E-state index in [1.165, 1.54) is 37.2 Å². The smallest absolute Gasteiger partial charge is 0.0194 e. The summed E-state index contributed by atoms with van der Waals surface area (Å²) in [5, 5.41) is 3.80. The van der Waals surface area contributed by atoms with Crippen molar-refractivity contribution in [2.45, 2.75) is 50.7 Å². The zero-order valence-corrected chi connectivity index (χ0v) is 9.85. The molecular weight excluding hydrogens is 192 g/mol. The van der Waals surface area contributed by atoms with Crippen LogP contribution in [0.1, 0.15) is 32.6 Å². The van der Waals surface area contributed by atoms with Crippen LogP contribution in [0.5, 0.6) is 0 Å². The second-order valence-electron chi connectivity index (χ2n) is 4.91. The van der Waals surface area contributed by atoms with E-state index >= 15 is 0 Å². The van der Waals surface area contributed by atoms with Gasteiger partial charge in [0.15, 0.2) is 0 Å². The molecule has 82 valence electrons. The highest BCUT2D eigenvalue weighted by Crippen LogP contribution is 2.26. The van der Waals surface area contributed by atoms with E-state index in [-0.39, 0.29) is 0 Å². The summed E-state index contributed by atoms with van der Waals surface area (Å²) in [7, 11) is 0. The fourth-order valence-electron chi connectivity index (χ4n) is 2.56. The molecule has 1 saturated carbocycles. The van der Waals surface area contributed by atoms with Gasteiger partial charge in [0.05, 0.1) is 0 Å². The van der Waals surface area contributed by atoms with Gasteiger partial charge in [-0.2, -0.15) is 11.8 Å². The monoisotopic (exact) mass is 214 g/mol. The number of thioether (sulfide) groups is 1. The summed E-state index contributed by atoms with van der Waals surface area (Å²) < 4.78 is 0. The van der Waals surface area contributed by atoms with Gasteiger partial charge in [-0.3, -0.25) is 0 Å². The highest BCUT2D eigenvalue weighted by Gasteiger charge is 2.27. The number of hydrogen-bond donors (Lipinski definition) is 2. The molecule has 0 aromatic heterocycles. The molecule has 4 unspecified atom stereocenters. The number of hydrogen-bond acceptors (Lipinski definition) is 3. The maximum atomic E-state index is 5.99. The highest BCUT2D eigenvalue weighted by molar-refractivity contribution is 7.99. The van der Waals surface area contributed by atoms with Crippen LogP contribution in [0.4, 0.5) is 0 Å². The quantitative estimate of drug-likeness (QED) is 0.733. The average molecular weight is 214 g/mol. The van der Waals surface area contributed by atoms with Crippen LogP contribution in [0.15, 0.2) is 0 Å². The van der Waals surface area contributed by atoms with E-state index in [0.717, 1.165) is 12.0 Å². The third-order valence-corrected chi connectivity index (χ3v) is 4.89. The maximum Gasteiger partial charge on any atom is 0.0194 e. The second-order valence-corrected chi connectivity index (χ2v) is 5.99. The molecule has 0 aromatic carbocycles. The fourth-order valence-corrected chi connectivity index (χ4v) is 3.97. The van der Waals surface area contributed by atoms with Crippen molar-refractivity contribution in [2.24, 2.45) is 11.7 Å². The third-order valence-electron chi connectivity index (χ3n) is 3.53. The third kappa shape index (κ3) is 2.65. The molecule has 0 bridgehead atoms. The Labute approximate surface area is 91.4 Å². The molecule has 2 nitrogen and oxygen atoms in total. The normalized spacial score (nSPS) is 44.1. The van der Waals surface area contributed by atoms with Crippen LogP contribution >= 0.6 is 11.8 Å². The van der Waals surface area contributed by atoms with E-state index < -0.39 is 0 Å². The van der Waals surface area contributed by atoms with Gasteiger partial charge in [0, 0.05) is 23.9 Å². The Morgan fingerprint density at radius 2 is 2.14 bits per heavy atom. The van der Waals surface area contributed by atoms with Crippen molar-refractivity contribution in [3.05, 3.63) is 0 Å². The molecule has 0 spiro atoms. The van der Waals surface area contributed by atoms with Gasteiger partial charge in [0.25, 0.3) is 0 Å². The summed E-state index contributed by atoms with van der Waals surface area (Å²) in [6.45, 7) is 2.36. The Hall–Kier alpha value is 0.270. The van der Waals surface area contributed by atoms with Gasteiger partial charge in [0.1, 0.15) is 0 Å². The van der Waals surface area contributed by atoms with Gasteiger partial charge in [0.2, 0.25) is 0 Å². The minimum absolute atomic E-state index is 0.450. The highest BCUT2D eigenvalue weighted by atomic mass is 32.2. The topological polar surface area (TPSA) is 38.0 Å². The molecule has 0 aromatic rings. The van der Waals surface area contributed by atoms with E-state index in [0.29, 0.717) is 12.1 Å². The molecule has 0 amide bonds. The predicted molar refractivity (Wildman–Crippen MR) is 63.6 cm³/mol. The molecule has 0 radical (unpaired) electrons. The van der Waals surface area contributed by atoms with E-state index in [4.69, 9.17) is 5.73 Å². The average Bonchev–Trinajstić information content (AvgIpc) is 2.52. The minimum Gasteiger partial charge on any atom is -0.328 e. The lowest BCUT2D eigenvalue weighted by Crippen LogP contribution is -2.46. The minimum atomic E-state index is 0.450. The number of nitrogens with two attached hydrogens (primary N) is 1. The molecule has 2 aliphatic rings. The Morgan fingerprint density at radius 1 is 1.29 bits per heavy atom. The zero-order valence-electron chi connectivity index (χ0n) is 9.04.